The summed E-state index contributed by atoms with van der Waals surface area (Å²) in [7, 11) is 0. The van der Waals surface area contributed by atoms with E-state index in [9.17, 15) is 24.0 Å². The minimum Gasteiger partial charge on any atom is -0.383 e. The normalized spacial score (nSPS) is 17.0. The molecular formula is C33H42N8O5. The van der Waals surface area contributed by atoms with Gasteiger partial charge in [-0.3, -0.25) is 33.6 Å². The number of carbonyl (C=O) groups excluding carboxylic acids is 5. The highest BCUT2D eigenvalue weighted by Gasteiger charge is 2.24. The Bertz CT molecular complexity index is 1550. The maximum Gasteiger partial charge on any atom is 0.270 e. The van der Waals surface area contributed by atoms with Crippen molar-refractivity contribution in [1.29, 1.82) is 0 Å². The van der Waals surface area contributed by atoms with Crippen LogP contribution in [0.3, 0.4) is 0 Å². The van der Waals surface area contributed by atoms with Gasteiger partial charge in [0.1, 0.15) is 11.7 Å². The van der Waals surface area contributed by atoms with Crippen LogP contribution in [0.4, 0.5) is 5.69 Å². The van der Waals surface area contributed by atoms with Crippen molar-refractivity contribution < 1.29 is 24.0 Å². The van der Waals surface area contributed by atoms with Gasteiger partial charge in [-0.2, -0.15) is 5.10 Å². The number of aromatic nitrogens is 3. The second-order valence-electron chi connectivity index (χ2n) is 11.3. The Hall–Kier alpha value is -5.07. The molecule has 3 heterocycles. The van der Waals surface area contributed by atoms with Crippen LogP contribution in [0, 0.1) is 13.8 Å². The largest absolute Gasteiger partial charge is 0.383 e. The van der Waals surface area contributed by atoms with Crippen LogP contribution in [-0.4, -0.2) is 87.8 Å². The van der Waals surface area contributed by atoms with Crippen molar-refractivity contribution in [3.05, 3.63) is 76.9 Å². The molecule has 2 aromatic heterocycles. The number of pyridine rings is 1. The van der Waals surface area contributed by atoms with Gasteiger partial charge in [0.15, 0.2) is 5.78 Å². The summed E-state index contributed by atoms with van der Waals surface area (Å²) in [5.41, 5.74) is 3.56. The number of hydrogen-bond donors (Lipinski definition) is 4. The monoisotopic (exact) mass is 630 g/mol. The molecule has 1 atom stereocenters. The number of fused-ring (bicyclic) bond motifs is 2. The van der Waals surface area contributed by atoms with Gasteiger partial charge in [0.05, 0.1) is 11.3 Å². The molecule has 46 heavy (non-hydrogen) atoms. The van der Waals surface area contributed by atoms with Crippen LogP contribution in [0.2, 0.25) is 0 Å². The zero-order valence-electron chi connectivity index (χ0n) is 26.6. The Kier molecular flexibility index (Phi) is 12.0. The first-order valence-corrected chi connectivity index (χ1v) is 15.5. The average Bonchev–Trinajstić information content (AvgIpc) is 3.33. The maximum atomic E-state index is 13.4. The van der Waals surface area contributed by atoms with Gasteiger partial charge in [0, 0.05) is 76.1 Å². The smallest absolute Gasteiger partial charge is 0.270 e. The van der Waals surface area contributed by atoms with Crippen LogP contribution >= 0.6 is 0 Å². The molecule has 1 aromatic carbocycles. The summed E-state index contributed by atoms with van der Waals surface area (Å²) in [5, 5.41) is 16.2. The molecule has 13 nitrogen and oxygen atoms in total. The van der Waals surface area contributed by atoms with Gasteiger partial charge in [0.2, 0.25) is 17.7 Å². The Labute approximate surface area is 268 Å². The summed E-state index contributed by atoms with van der Waals surface area (Å²) >= 11 is 0. The molecule has 4 amide bonds. The summed E-state index contributed by atoms with van der Waals surface area (Å²) in [6.45, 7) is 6.82. The fourth-order valence-electron chi connectivity index (χ4n) is 5.47. The predicted octanol–water partition coefficient (Wildman–Crippen LogP) is 1.80. The van der Waals surface area contributed by atoms with Gasteiger partial charge in [-0.25, -0.2) is 0 Å². The Morgan fingerprint density at radius 2 is 1.72 bits per heavy atom. The van der Waals surface area contributed by atoms with E-state index in [1.807, 2.05) is 30.3 Å². The van der Waals surface area contributed by atoms with Crippen molar-refractivity contribution in [3.63, 3.8) is 0 Å². The fraction of sp³-hybridized carbons (Fsp3) is 0.424. The molecule has 0 saturated heterocycles. The van der Waals surface area contributed by atoms with Gasteiger partial charge in [-0.05, 0) is 44.9 Å². The van der Waals surface area contributed by atoms with Gasteiger partial charge in [0.25, 0.3) is 5.91 Å². The summed E-state index contributed by atoms with van der Waals surface area (Å²) in [4.78, 5) is 70.3. The molecule has 0 fully saturated rings. The number of aryl methyl sites for hydroxylation is 2. The Morgan fingerprint density at radius 3 is 2.46 bits per heavy atom. The number of carbonyl (C=O) groups is 5. The number of ketones is 1. The van der Waals surface area contributed by atoms with Crippen LogP contribution in [0.5, 0.6) is 0 Å². The molecule has 2 bridgehead atoms. The fourth-order valence-corrected chi connectivity index (χ4v) is 5.47. The van der Waals surface area contributed by atoms with Crippen molar-refractivity contribution in [2.45, 2.75) is 59.0 Å². The SMILES string of the molecule is CC(=O)c1c(C)nn(CCC(=O)N2CCCC(=O)NCCNc3ccnc(c3)C(=O)N[C@@H](Cc3ccccc3)C(=O)NCC2)c1C. The molecule has 3 aromatic rings. The van der Waals surface area contributed by atoms with E-state index in [1.54, 1.807) is 35.6 Å². The summed E-state index contributed by atoms with van der Waals surface area (Å²) in [6.07, 6.45) is 2.56. The lowest BCUT2D eigenvalue weighted by atomic mass is 10.0. The van der Waals surface area contributed by atoms with Crippen LogP contribution in [0.1, 0.15) is 64.0 Å². The first-order valence-electron chi connectivity index (χ1n) is 15.5. The van der Waals surface area contributed by atoms with Gasteiger partial charge < -0.3 is 26.2 Å². The lowest BCUT2D eigenvalue weighted by Gasteiger charge is -2.24. The van der Waals surface area contributed by atoms with Crippen LogP contribution < -0.4 is 21.3 Å². The first-order chi connectivity index (χ1) is 22.1. The van der Waals surface area contributed by atoms with Crippen LogP contribution in [0.15, 0.2) is 48.7 Å². The molecule has 4 rings (SSSR count). The highest BCUT2D eigenvalue weighted by atomic mass is 16.2. The van der Waals surface area contributed by atoms with E-state index in [0.717, 1.165) is 5.56 Å². The van der Waals surface area contributed by atoms with Crippen molar-refractivity contribution in [2.24, 2.45) is 0 Å². The molecule has 0 saturated carbocycles. The van der Waals surface area contributed by atoms with Crippen molar-refractivity contribution in [1.82, 2.24) is 35.6 Å². The van der Waals surface area contributed by atoms with E-state index in [1.165, 1.54) is 13.1 Å². The molecule has 244 valence electrons. The predicted molar refractivity (Wildman–Crippen MR) is 172 cm³/mol. The third kappa shape index (κ3) is 9.46. The lowest BCUT2D eigenvalue weighted by Crippen LogP contribution is -2.50. The molecule has 4 N–H and O–H groups in total. The maximum absolute atomic E-state index is 13.4. The first kappa shape index (κ1) is 33.8. The van der Waals surface area contributed by atoms with Crippen molar-refractivity contribution >= 4 is 35.1 Å². The topological polar surface area (TPSA) is 167 Å². The van der Waals surface area contributed by atoms with E-state index in [-0.39, 0.29) is 62.2 Å². The molecule has 13 heteroatoms. The third-order valence-electron chi connectivity index (χ3n) is 7.81. The average molecular weight is 631 g/mol. The number of Topliss-reactive ketones (excluding diaryl/α,β-unsaturated/α-hetero) is 1. The summed E-state index contributed by atoms with van der Waals surface area (Å²) in [5.74, 6) is -1.28. The van der Waals surface area contributed by atoms with E-state index < -0.39 is 17.9 Å². The second-order valence-corrected chi connectivity index (χ2v) is 11.3. The van der Waals surface area contributed by atoms with Crippen LogP contribution in [-0.2, 0) is 27.3 Å². The number of rotatable bonds is 6. The van der Waals surface area contributed by atoms with E-state index in [0.29, 0.717) is 48.7 Å². The molecule has 1 aliphatic rings. The number of amides is 4. The molecule has 0 spiro atoms. The van der Waals surface area contributed by atoms with Gasteiger partial charge in [-0.15, -0.1) is 0 Å². The van der Waals surface area contributed by atoms with Crippen molar-refractivity contribution in [3.8, 4) is 0 Å². The summed E-state index contributed by atoms with van der Waals surface area (Å²) in [6, 6.07) is 11.8. The van der Waals surface area contributed by atoms with E-state index >= 15 is 0 Å². The summed E-state index contributed by atoms with van der Waals surface area (Å²) < 4.78 is 1.67. The third-order valence-corrected chi connectivity index (χ3v) is 7.81. The van der Waals surface area contributed by atoms with E-state index in [2.05, 4.69) is 31.3 Å². The molecule has 0 radical (unpaired) electrons. The molecule has 0 aliphatic carbocycles. The minimum atomic E-state index is -0.886. The second kappa shape index (κ2) is 16.3. The number of hydrogen-bond acceptors (Lipinski definition) is 8. The number of nitrogens with zero attached hydrogens (tertiary/aromatic N) is 4. The van der Waals surface area contributed by atoms with E-state index in [4.69, 9.17) is 0 Å². The minimum absolute atomic E-state index is 0.0769. The number of benzene rings is 1. The van der Waals surface area contributed by atoms with Gasteiger partial charge >= 0.3 is 0 Å². The number of nitrogens with one attached hydrogen (secondary N) is 4. The Morgan fingerprint density at radius 1 is 0.957 bits per heavy atom. The lowest BCUT2D eigenvalue weighted by molar-refractivity contribution is -0.132. The number of anilines is 1. The molecule has 0 unspecified atom stereocenters. The quantitative estimate of drug-likeness (QED) is 0.299. The molecule has 1 aliphatic heterocycles. The zero-order chi connectivity index (χ0) is 33.1. The van der Waals surface area contributed by atoms with Crippen LogP contribution in [0.25, 0.3) is 0 Å². The van der Waals surface area contributed by atoms with Crippen molar-refractivity contribution in [2.75, 3.05) is 38.0 Å². The highest BCUT2D eigenvalue weighted by molar-refractivity contribution is 5.97. The highest BCUT2D eigenvalue weighted by Crippen LogP contribution is 2.15. The standard InChI is InChI=1S/C33H42N8O5/c1-22-31(24(3)42)23(2)41(39-22)18-12-30(44)40-17-7-10-29(43)36-15-14-34-26-11-13-35-27(21-26)33(46)38-28(32(45)37-16-19-40)20-25-8-5-4-6-9-25/h4-6,8-9,11,13,21,28,34H,7,10,12,14-20H2,1-3H3,(H,36,43)(H,37,45)(H,38,46)/t28-/m0/s1. The zero-order valence-corrected chi connectivity index (χ0v) is 26.6. The molecular weight excluding hydrogens is 588 g/mol. The Balaban J connectivity index is 1.49. The van der Waals surface area contributed by atoms with Gasteiger partial charge in [-0.1, -0.05) is 30.3 Å².